The Morgan fingerprint density at radius 3 is 2.50 bits per heavy atom. The van der Waals surface area contributed by atoms with Crippen LogP contribution in [0.25, 0.3) is 22.5 Å². The number of para-hydroxylation sites is 1. The van der Waals surface area contributed by atoms with E-state index in [2.05, 4.69) is 10.4 Å². The van der Waals surface area contributed by atoms with E-state index in [-0.39, 0.29) is 17.7 Å². The minimum absolute atomic E-state index is 0.169. The molecule has 0 amide bonds. The fraction of sp³-hybridized carbons (Fsp3) is 0.0714. The lowest BCUT2D eigenvalue weighted by molar-refractivity contribution is -0.108. The first-order chi connectivity index (χ1) is 18.5. The molecule has 5 rings (SSSR count). The molecular formula is C28H22ClN5O3S. The summed E-state index contributed by atoms with van der Waals surface area (Å²) in [5.74, 6) is -0.0405. The molecule has 5 aromatic rings. The summed E-state index contributed by atoms with van der Waals surface area (Å²) in [6.45, 7) is 0.228. The molecule has 0 radical (unpaired) electrons. The van der Waals surface area contributed by atoms with Gasteiger partial charge in [-0.1, -0.05) is 54.1 Å². The van der Waals surface area contributed by atoms with Crippen LogP contribution in [-0.4, -0.2) is 26.5 Å². The van der Waals surface area contributed by atoms with Crippen molar-refractivity contribution in [2.75, 3.05) is 11.1 Å². The number of rotatable bonds is 8. The van der Waals surface area contributed by atoms with Crippen LogP contribution in [0.15, 0.2) is 89.7 Å². The largest absolute Gasteiger partial charge is 0.398 e. The van der Waals surface area contributed by atoms with Crippen LogP contribution < -0.4 is 16.6 Å². The SMILES string of the molecule is Nc1ccccc1C(=O)n1nc(-c2ccc(-c3ccccc3)c(=O)n2CC=O)cc1NCc1ccc(Cl)s1. The number of carbonyl (C=O) groups excluding carboxylic acids is 2. The first kappa shape index (κ1) is 25.2. The summed E-state index contributed by atoms with van der Waals surface area (Å²) < 4.78 is 3.23. The number of benzene rings is 2. The lowest BCUT2D eigenvalue weighted by atomic mass is 10.1. The summed E-state index contributed by atoms with van der Waals surface area (Å²) in [7, 11) is 0. The molecule has 3 heterocycles. The predicted octanol–water partition coefficient (Wildman–Crippen LogP) is 5.18. The van der Waals surface area contributed by atoms with Gasteiger partial charge < -0.3 is 15.8 Å². The molecule has 3 N–H and O–H groups in total. The van der Waals surface area contributed by atoms with Crippen LogP contribution in [0.3, 0.4) is 0 Å². The summed E-state index contributed by atoms with van der Waals surface area (Å²) >= 11 is 7.49. The summed E-state index contributed by atoms with van der Waals surface area (Å²) in [5.41, 5.74) is 8.27. The van der Waals surface area contributed by atoms with Crippen molar-refractivity contribution in [1.82, 2.24) is 14.3 Å². The molecule has 0 aliphatic heterocycles. The van der Waals surface area contributed by atoms with E-state index in [4.69, 9.17) is 17.3 Å². The summed E-state index contributed by atoms with van der Waals surface area (Å²) in [6, 6.07) is 24.7. The summed E-state index contributed by atoms with van der Waals surface area (Å²) in [5, 5.41) is 7.79. The standard InChI is InChI=1S/C28H22ClN5O3S/c29-25-13-10-19(38-25)17-31-26-16-23(32-34(26)28(37)21-8-4-5-9-22(21)30)24-12-11-20(18-6-2-1-3-7-18)27(36)33(24)14-15-35/h1-13,15-16,31H,14,17,30H2. The van der Waals surface area contributed by atoms with Gasteiger partial charge in [0.15, 0.2) is 0 Å². The maximum Gasteiger partial charge on any atom is 0.282 e. The number of nitrogens with two attached hydrogens (primary N) is 1. The smallest absolute Gasteiger partial charge is 0.282 e. The Labute approximate surface area is 226 Å². The molecule has 0 saturated heterocycles. The zero-order valence-electron chi connectivity index (χ0n) is 20.0. The van der Waals surface area contributed by atoms with Gasteiger partial charge in [0.05, 0.1) is 28.7 Å². The van der Waals surface area contributed by atoms with E-state index in [1.807, 2.05) is 36.4 Å². The van der Waals surface area contributed by atoms with Crippen molar-refractivity contribution < 1.29 is 9.59 Å². The maximum atomic E-state index is 13.5. The normalized spacial score (nSPS) is 10.9. The fourth-order valence-electron chi connectivity index (χ4n) is 4.11. The Hall–Kier alpha value is -4.47. The van der Waals surface area contributed by atoms with Gasteiger partial charge in [-0.15, -0.1) is 11.3 Å². The number of thiophene rings is 1. The number of nitrogens with one attached hydrogen (secondary N) is 1. The van der Waals surface area contributed by atoms with Crippen molar-refractivity contribution in [1.29, 1.82) is 0 Å². The number of hydrogen-bond acceptors (Lipinski definition) is 7. The molecule has 0 unspecified atom stereocenters. The van der Waals surface area contributed by atoms with Crippen molar-refractivity contribution in [2.45, 2.75) is 13.1 Å². The Balaban J connectivity index is 1.61. The Kier molecular flexibility index (Phi) is 7.21. The highest BCUT2D eigenvalue weighted by molar-refractivity contribution is 7.16. The molecule has 0 fully saturated rings. The second-order valence-electron chi connectivity index (χ2n) is 8.36. The number of pyridine rings is 1. The zero-order chi connectivity index (χ0) is 26.6. The molecule has 3 aromatic heterocycles. The lowest BCUT2D eigenvalue weighted by Crippen LogP contribution is -2.24. The van der Waals surface area contributed by atoms with Crippen LogP contribution in [0.2, 0.25) is 4.34 Å². The number of nitrogens with zero attached hydrogens (tertiary/aromatic N) is 3. The van der Waals surface area contributed by atoms with Gasteiger partial charge in [-0.2, -0.15) is 9.78 Å². The van der Waals surface area contributed by atoms with E-state index >= 15 is 0 Å². The number of nitrogen functional groups attached to an aromatic ring is 1. The number of anilines is 2. The molecule has 0 atom stereocenters. The second kappa shape index (κ2) is 10.9. The molecule has 0 aliphatic carbocycles. The average molecular weight is 544 g/mol. The second-order valence-corrected chi connectivity index (χ2v) is 10.2. The van der Waals surface area contributed by atoms with Crippen LogP contribution >= 0.6 is 22.9 Å². The van der Waals surface area contributed by atoms with Gasteiger partial charge in [-0.05, 0) is 42.0 Å². The predicted molar refractivity (Wildman–Crippen MR) is 151 cm³/mol. The van der Waals surface area contributed by atoms with Crippen LogP contribution in [0.4, 0.5) is 11.5 Å². The van der Waals surface area contributed by atoms with Gasteiger partial charge in [0.1, 0.15) is 17.8 Å². The third-order valence-corrected chi connectivity index (χ3v) is 7.18. The van der Waals surface area contributed by atoms with Gasteiger partial charge in [-0.3, -0.25) is 14.2 Å². The van der Waals surface area contributed by atoms with E-state index in [0.717, 1.165) is 10.4 Å². The number of aldehydes is 1. The molecular weight excluding hydrogens is 522 g/mol. The lowest BCUT2D eigenvalue weighted by Gasteiger charge is -2.11. The first-order valence-corrected chi connectivity index (χ1v) is 12.9. The fourth-order valence-corrected chi connectivity index (χ4v) is 5.14. The van der Waals surface area contributed by atoms with Crippen molar-refractivity contribution in [3.8, 4) is 22.5 Å². The number of hydrogen-bond donors (Lipinski definition) is 2. The van der Waals surface area contributed by atoms with E-state index in [1.165, 1.54) is 20.6 Å². The topological polar surface area (TPSA) is 112 Å². The number of halogens is 1. The molecule has 0 saturated carbocycles. The van der Waals surface area contributed by atoms with Gasteiger partial charge in [-0.25, -0.2) is 0 Å². The van der Waals surface area contributed by atoms with Crippen molar-refractivity contribution >= 4 is 46.6 Å². The average Bonchev–Trinajstić information content (AvgIpc) is 3.55. The van der Waals surface area contributed by atoms with E-state index in [0.29, 0.717) is 45.6 Å². The van der Waals surface area contributed by atoms with Crippen molar-refractivity contribution in [3.63, 3.8) is 0 Å². The van der Waals surface area contributed by atoms with Crippen LogP contribution in [0, 0.1) is 0 Å². The molecule has 0 aliphatic rings. The van der Waals surface area contributed by atoms with Crippen molar-refractivity contribution in [3.05, 3.63) is 110 Å². The first-order valence-electron chi connectivity index (χ1n) is 11.7. The number of aromatic nitrogens is 3. The van der Waals surface area contributed by atoms with Crippen LogP contribution in [-0.2, 0) is 17.9 Å². The molecule has 8 nitrogen and oxygen atoms in total. The van der Waals surface area contributed by atoms with E-state index in [9.17, 15) is 14.4 Å². The van der Waals surface area contributed by atoms with Crippen LogP contribution in [0.5, 0.6) is 0 Å². The number of carbonyl (C=O) groups is 2. The van der Waals surface area contributed by atoms with Crippen LogP contribution in [0.1, 0.15) is 15.2 Å². The van der Waals surface area contributed by atoms with E-state index in [1.54, 1.807) is 48.5 Å². The molecule has 190 valence electrons. The van der Waals surface area contributed by atoms with E-state index < -0.39 is 5.91 Å². The molecule has 2 aromatic carbocycles. The monoisotopic (exact) mass is 543 g/mol. The minimum Gasteiger partial charge on any atom is -0.398 e. The molecule has 0 bridgehead atoms. The van der Waals surface area contributed by atoms with Crippen molar-refractivity contribution in [2.24, 2.45) is 0 Å². The quantitative estimate of drug-likeness (QED) is 0.206. The zero-order valence-corrected chi connectivity index (χ0v) is 21.6. The Morgan fingerprint density at radius 1 is 1.03 bits per heavy atom. The highest BCUT2D eigenvalue weighted by Gasteiger charge is 2.21. The van der Waals surface area contributed by atoms with Gasteiger partial charge >= 0.3 is 0 Å². The molecule has 10 heteroatoms. The maximum absolute atomic E-state index is 13.5. The highest BCUT2D eigenvalue weighted by Crippen LogP contribution is 2.27. The molecule has 0 spiro atoms. The highest BCUT2D eigenvalue weighted by atomic mass is 35.5. The third kappa shape index (κ3) is 5.02. The molecule has 38 heavy (non-hydrogen) atoms. The summed E-state index contributed by atoms with van der Waals surface area (Å²) in [6.07, 6.45) is 0.659. The minimum atomic E-state index is -0.439. The summed E-state index contributed by atoms with van der Waals surface area (Å²) in [4.78, 5) is 39.4. The van der Waals surface area contributed by atoms with Gasteiger partial charge in [0, 0.05) is 22.2 Å². The van der Waals surface area contributed by atoms with Gasteiger partial charge in [0.25, 0.3) is 11.5 Å². The Morgan fingerprint density at radius 2 is 1.79 bits per heavy atom. The Bertz CT molecular complexity index is 1690. The van der Waals surface area contributed by atoms with Gasteiger partial charge in [0.2, 0.25) is 0 Å². The third-order valence-electron chi connectivity index (χ3n) is 5.94.